The SMILES string of the molecule is CCCCCCCCCCCCCCCCC1CCCC(=O)C1. The summed E-state index contributed by atoms with van der Waals surface area (Å²) >= 11 is 0. The molecule has 1 nitrogen and oxygen atoms in total. The molecule has 0 radical (unpaired) electrons. The van der Waals surface area contributed by atoms with Crippen LogP contribution in [0.2, 0.25) is 0 Å². The van der Waals surface area contributed by atoms with E-state index in [0.29, 0.717) is 5.78 Å². The molecular formula is C22H42O. The summed E-state index contributed by atoms with van der Waals surface area (Å²) in [5.41, 5.74) is 0. The van der Waals surface area contributed by atoms with Crippen molar-refractivity contribution in [2.24, 2.45) is 5.92 Å². The van der Waals surface area contributed by atoms with E-state index in [1.54, 1.807) is 0 Å². The van der Waals surface area contributed by atoms with Crippen LogP contribution in [0.4, 0.5) is 0 Å². The molecule has 1 rings (SSSR count). The average molecular weight is 323 g/mol. The van der Waals surface area contributed by atoms with E-state index in [-0.39, 0.29) is 0 Å². The fourth-order valence-corrected chi connectivity index (χ4v) is 3.99. The average Bonchev–Trinajstić information content (AvgIpc) is 2.55. The highest BCUT2D eigenvalue weighted by atomic mass is 16.1. The Morgan fingerprint density at radius 2 is 1.22 bits per heavy atom. The fraction of sp³-hybridized carbons (Fsp3) is 0.955. The lowest BCUT2D eigenvalue weighted by Gasteiger charge is -2.20. The normalized spacial score (nSPS) is 18.5. The van der Waals surface area contributed by atoms with Crippen LogP contribution in [0.1, 0.15) is 129 Å². The predicted octanol–water partition coefficient (Wildman–Crippen LogP) is 7.62. The first-order valence-electron chi connectivity index (χ1n) is 10.8. The molecule has 0 aliphatic heterocycles. The molecule has 1 unspecified atom stereocenters. The quantitative estimate of drug-likeness (QED) is 0.283. The van der Waals surface area contributed by atoms with Gasteiger partial charge in [-0.1, -0.05) is 103 Å². The maximum absolute atomic E-state index is 11.4. The van der Waals surface area contributed by atoms with Crippen LogP contribution in [-0.4, -0.2) is 5.78 Å². The first-order chi connectivity index (χ1) is 11.3. The first kappa shape index (κ1) is 20.7. The molecule has 1 aliphatic rings. The van der Waals surface area contributed by atoms with E-state index >= 15 is 0 Å². The molecule has 0 N–H and O–H groups in total. The number of carbonyl (C=O) groups is 1. The number of carbonyl (C=O) groups excluding carboxylic acids is 1. The Kier molecular flexibility index (Phi) is 13.7. The van der Waals surface area contributed by atoms with Crippen molar-refractivity contribution in [3.8, 4) is 0 Å². The highest BCUT2D eigenvalue weighted by molar-refractivity contribution is 5.79. The van der Waals surface area contributed by atoms with Gasteiger partial charge >= 0.3 is 0 Å². The summed E-state index contributed by atoms with van der Waals surface area (Å²) in [5, 5.41) is 0. The maximum atomic E-state index is 11.4. The van der Waals surface area contributed by atoms with E-state index in [9.17, 15) is 4.79 Å². The molecule has 0 aromatic rings. The van der Waals surface area contributed by atoms with Crippen molar-refractivity contribution in [2.45, 2.75) is 129 Å². The van der Waals surface area contributed by atoms with Gasteiger partial charge in [-0.25, -0.2) is 0 Å². The molecule has 0 aromatic carbocycles. The maximum Gasteiger partial charge on any atom is 0.133 e. The molecule has 0 spiro atoms. The molecule has 136 valence electrons. The lowest BCUT2D eigenvalue weighted by atomic mass is 9.85. The topological polar surface area (TPSA) is 17.1 Å². The third kappa shape index (κ3) is 12.7. The van der Waals surface area contributed by atoms with Crippen LogP contribution in [0.3, 0.4) is 0 Å². The highest BCUT2D eigenvalue weighted by Crippen LogP contribution is 2.26. The van der Waals surface area contributed by atoms with Gasteiger partial charge in [-0.05, 0) is 18.8 Å². The van der Waals surface area contributed by atoms with E-state index in [2.05, 4.69) is 6.92 Å². The van der Waals surface area contributed by atoms with Crippen LogP contribution in [0.15, 0.2) is 0 Å². The van der Waals surface area contributed by atoms with Crippen molar-refractivity contribution < 1.29 is 4.79 Å². The summed E-state index contributed by atoms with van der Waals surface area (Å²) in [4.78, 5) is 11.4. The second kappa shape index (κ2) is 15.2. The monoisotopic (exact) mass is 322 g/mol. The van der Waals surface area contributed by atoms with Gasteiger partial charge in [-0.3, -0.25) is 4.79 Å². The van der Waals surface area contributed by atoms with Gasteiger partial charge < -0.3 is 0 Å². The van der Waals surface area contributed by atoms with Crippen LogP contribution in [0.5, 0.6) is 0 Å². The zero-order chi connectivity index (χ0) is 16.6. The molecule has 1 saturated carbocycles. The molecule has 1 heteroatoms. The number of hydrogen-bond acceptors (Lipinski definition) is 1. The lowest BCUT2D eigenvalue weighted by Crippen LogP contribution is -2.14. The molecule has 0 aromatic heterocycles. The molecule has 1 aliphatic carbocycles. The zero-order valence-electron chi connectivity index (χ0n) is 15.9. The van der Waals surface area contributed by atoms with Gasteiger partial charge in [0.05, 0.1) is 0 Å². The third-order valence-electron chi connectivity index (χ3n) is 5.55. The molecule has 0 amide bonds. The Bertz CT molecular complexity index is 271. The van der Waals surface area contributed by atoms with E-state index in [0.717, 1.165) is 25.2 Å². The van der Waals surface area contributed by atoms with Gasteiger partial charge in [0, 0.05) is 12.8 Å². The van der Waals surface area contributed by atoms with E-state index < -0.39 is 0 Å². The minimum Gasteiger partial charge on any atom is -0.300 e. The van der Waals surface area contributed by atoms with Crippen LogP contribution in [0.25, 0.3) is 0 Å². The first-order valence-corrected chi connectivity index (χ1v) is 10.8. The van der Waals surface area contributed by atoms with Crippen LogP contribution in [0, 0.1) is 5.92 Å². The number of ketones is 1. The zero-order valence-corrected chi connectivity index (χ0v) is 15.9. The van der Waals surface area contributed by atoms with Gasteiger partial charge in [0.2, 0.25) is 0 Å². The summed E-state index contributed by atoms with van der Waals surface area (Å²) in [5.74, 6) is 1.25. The summed E-state index contributed by atoms with van der Waals surface area (Å²) in [6.45, 7) is 2.29. The van der Waals surface area contributed by atoms with E-state index in [4.69, 9.17) is 0 Å². The van der Waals surface area contributed by atoms with Crippen molar-refractivity contribution in [1.82, 2.24) is 0 Å². The molecule has 1 fully saturated rings. The third-order valence-corrected chi connectivity index (χ3v) is 5.55. The summed E-state index contributed by atoms with van der Waals surface area (Å²) in [6, 6.07) is 0. The summed E-state index contributed by atoms with van der Waals surface area (Å²) in [7, 11) is 0. The number of unbranched alkanes of at least 4 members (excludes halogenated alkanes) is 13. The van der Waals surface area contributed by atoms with Crippen molar-refractivity contribution in [1.29, 1.82) is 0 Å². The minimum atomic E-state index is 0.520. The van der Waals surface area contributed by atoms with Crippen molar-refractivity contribution in [3.05, 3.63) is 0 Å². The molecular weight excluding hydrogens is 280 g/mol. The van der Waals surface area contributed by atoms with E-state index in [1.807, 2.05) is 0 Å². The minimum absolute atomic E-state index is 0.520. The number of Topliss-reactive ketones (excluding diaryl/α,β-unsaturated/α-hetero) is 1. The van der Waals surface area contributed by atoms with Crippen molar-refractivity contribution >= 4 is 5.78 Å². The smallest absolute Gasteiger partial charge is 0.133 e. The van der Waals surface area contributed by atoms with Gasteiger partial charge in [0.25, 0.3) is 0 Å². The van der Waals surface area contributed by atoms with Crippen LogP contribution in [-0.2, 0) is 4.79 Å². The van der Waals surface area contributed by atoms with Crippen molar-refractivity contribution in [3.63, 3.8) is 0 Å². The standard InChI is InChI=1S/C22H42O/c1-2-3-4-5-6-7-8-9-10-11-12-13-14-15-17-21-18-16-19-22(23)20-21/h21H,2-20H2,1H3. The van der Waals surface area contributed by atoms with Crippen molar-refractivity contribution in [2.75, 3.05) is 0 Å². The Morgan fingerprint density at radius 3 is 1.70 bits per heavy atom. The second-order valence-electron chi connectivity index (χ2n) is 7.89. The Hall–Kier alpha value is -0.330. The van der Waals surface area contributed by atoms with Crippen LogP contribution >= 0.6 is 0 Å². The van der Waals surface area contributed by atoms with Gasteiger partial charge in [0.1, 0.15) is 5.78 Å². The molecule has 0 bridgehead atoms. The number of hydrogen-bond donors (Lipinski definition) is 0. The van der Waals surface area contributed by atoms with E-state index in [1.165, 1.54) is 103 Å². The molecule has 1 atom stereocenters. The second-order valence-corrected chi connectivity index (χ2v) is 7.89. The highest BCUT2D eigenvalue weighted by Gasteiger charge is 2.18. The molecule has 0 saturated heterocycles. The molecule has 0 heterocycles. The summed E-state index contributed by atoms with van der Waals surface area (Å²) in [6.07, 6.45) is 25.5. The Morgan fingerprint density at radius 1 is 0.739 bits per heavy atom. The Balaban J connectivity index is 1.72. The summed E-state index contributed by atoms with van der Waals surface area (Å²) < 4.78 is 0. The van der Waals surface area contributed by atoms with Crippen LogP contribution < -0.4 is 0 Å². The van der Waals surface area contributed by atoms with Gasteiger partial charge in [-0.2, -0.15) is 0 Å². The lowest BCUT2D eigenvalue weighted by molar-refractivity contribution is -0.121. The predicted molar refractivity (Wildman–Crippen MR) is 102 cm³/mol. The van der Waals surface area contributed by atoms with Gasteiger partial charge in [-0.15, -0.1) is 0 Å². The largest absolute Gasteiger partial charge is 0.300 e. The number of rotatable bonds is 15. The Labute approximate surface area is 146 Å². The fourth-order valence-electron chi connectivity index (χ4n) is 3.99. The van der Waals surface area contributed by atoms with Gasteiger partial charge in [0.15, 0.2) is 0 Å². The molecule has 23 heavy (non-hydrogen) atoms.